The van der Waals surface area contributed by atoms with Crippen LogP contribution in [-0.4, -0.2) is 17.1 Å². The molecule has 0 heterocycles. The molecule has 1 aromatic carbocycles. The van der Waals surface area contributed by atoms with Crippen molar-refractivity contribution in [3.05, 3.63) is 29.8 Å². The van der Waals surface area contributed by atoms with Crippen LogP contribution in [-0.2, 0) is 11.0 Å². The highest BCUT2D eigenvalue weighted by molar-refractivity contribution is 5.72. The van der Waals surface area contributed by atoms with E-state index >= 15 is 0 Å². The molecule has 104 valence electrons. The van der Waals surface area contributed by atoms with Gasteiger partial charge in [-0.1, -0.05) is 18.6 Å². The average Bonchev–Trinajstić information content (AvgIpc) is 2.76. The molecule has 2 N–H and O–H groups in total. The second kappa shape index (κ2) is 5.11. The van der Waals surface area contributed by atoms with Crippen LogP contribution < -0.4 is 5.32 Å². The fraction of sp³-hybridized carbons (Fsp3) is 0.462. The van der Waals surface area contributed by atoms with Crippen LogP contribution in [0.5, 0.6) is 0 Å². The summed E-state index contributed by atoms with van der Waals surface area (Å²) in [6, 6.07) is 4.70. The number of rotatable bonds is 3. The Kier molecular flexibility index (Phi) is 3.68. The first-order valence-corrected chi connectivity index (χ1v) is 6.05. The predicted molar refractivity (Wildman–Crippen MR) is 63.8 cm³/mol. The molecular weight excluding hydrogens is 259 g/mol. The Morgan fingerprint density at radius 2 is 1.95 bits per heavy atom. The van der Waals surface area contributed by atoms with E-state index in [0.717, 1.165) is 6.07 Å². The van der Waals surface area contributed by atoms with E-state index in [9.17, 15) is 18.0 Å². The van der Waals surface area contributed by atoms with Gasteiger partial charge in [-0.2, -0.15) is 13.2 Å². The summed E-state index contributed by atoms with van der Waals surface area (Å²) in [6.07, 6.45) is -2.66. The molecule has 3 nitrogen and oxygen atoms in total. The Morgan fingerprint density at radius 3 is 2.58 bits per heavy atom. The number of benzene rings is 1. The molecule has 2 rings (SSSR count). The summed E-state index contributed by atoms with van der Waals surface area (Å²) in [5.74, 6) is -1.58. The van der Waals surface area contributed by atoms with E-state index < -0.39 is 29.7 Å². The van der Waals surface area contributed by atoms with Gasteiger partial charge < -0.3 is 10.4 Å². The quantitative estimate of drug-likeness (QED) is 0.887. The van der Waals surface area contributed by atoms with Crippen LogP contribution in [0.1, 0.15) is 24.8 Å². The molecule has 0 spiro atoms. The van der Waals surface area contributed by atoms with Crippen molar-refractivity contribution in [2.45, 2.75) is 31.5 Å². The van der Waals surface area contributed by atoms with Crippen molar-refractivity contribution < 1.29 is 23.1 Å². The van der Waals surface area contributed by atoms with Crippen LogP contribution in [0, 0.1) is 5.92 Å². The Balaban J connectivity index is 2.22. The number of nitrogens with one attached hydrogen (secondary N) is 1. The van der Waals surface area contributed by atoms with Gasteiger partial charge in [0, 0.05) is 11.7 Å². The second-order valence-corrected chi connectivity index (χ2v) is 4.67. The third kappa shape index (κ3) is 3.00. The zero-order valence-electron chi connectivity index (χ0n) is 10.1. The lowest BCUT2D eigenvalue weighted by molar-refractivity contribution is -0.141. The molecule has 6 heteroatoms. The topological polar surface area (TPSA) is 49.3 Å². The fourth-order valence-electron chi connectivity index (χ4n) is 2.48. The third-order valence-corrected chi connectivity index (χ3v) is 3.41. The number of aliphatic carboxylic acids is 1. The Hall–Kier alpha value is -1.72. The van der Waals surface area contributed by atoms with Gasteiger partial charge in [0.05, 0.1) is 11.5 Å². The Bertz CT molecular complexity index is 473. The van der Waals surface area contributed by atoms with Crippen molar-refractivity contribution in [2.24, 2.45) is 5.92 Å². The minimum Gasteiger partial charge on any atom is -0.481 e. The summed E-state index contributed by atoms with van der Waals surface area (Å²) in [5.41, 5.74) is -0.806. The third-order valence-electron chi connectivity index (χ3n) is 3.41. The fourth-order valence-corrected chi connectivity index (χ4v) is 2.48. The number of carbonyl (C=O) groups is 1. The molecular formula is C13H14F3NO2. The highest BCUT2D eigenvalue weighted by Gasteiger charge is 2.37. The van der Waals surface area contributed by atoms with E-state index in [1.165, 1.54) is 18.2 Å². The number of hydrogen-bond acceptors (Lipinski definition) is 2. The Labute approximate surface area is 108 Å². The van der Waals surface area contributed by atoms with Crippen molar-refractivity contribution in [2.75, 3.05) is 5.32 Å². The molecule has 1 aromatic rings. The van der Waals surface area contributed by atoms with Crippen LogP contribution in [0.2, 0.25) is 0 Å². The van der Waals surface area contributed by atoms with Gasteiger partial charge in [0.25, 0.3) is 0 Å². The van der Waals surface area contributed by atoms with Crippen molar-refractivity contribution >= 4 is 11.7 Å². The minimum absolute atomic E-state index is 0.0480. The maximum atomic E-state index is 12.8. The monoisotopic (exact) mass is 273 g/mol. The SMILES string of the molecule is O=C(O)C1CCCC1Nc1ccccc1C(F)(F)F. The molecule has 1 saturated carbocycles. The number of carboxylic acid groups (broad SMARTS) is 1. The number of carboxylic acids is 1. The van der Waals surface area contributed by atoms with Crippen molar-refractivity contribution in [3.8, 4) is 0 Å². The summed E-state index contributed by atoms with van der Waals surface area (Å²) < 4.78 is 38.5. The molecule has 1 aliphatic rings. The standard InChI is InChI=1S/C13H14F3NO2/c14-13(15,16)9-5-1-2-6-11(9)17-10-7-3-4-8(10)12(18)19/h1-2,5-6,8,10,17H,3-4,7H2,(H,18,19). The van der Waals surface area contributed by atoms with Gasteiger partial charge in [0.2, 0.25) is 0 Å². The molecule has 0 amide bonds. The van der Waals surface area contributed by atoms with E-state index in [-0.39, 0.29) is 5.69 Å². The molecule has 0 aromatic heterocycles. The zero-order chi connectivity index (χ0) is 14.0. The van der Waals surface area contributed by atoms with Gasteiger partial charge >= 0.3 is 12.1 Å². The normalized spacial score (nSPS) is 23.3. The maximum absolute atomic E-state index is 12.8. The molecule has 0 saturated heterocycles. The second-order valence-electron chi connectivity index (χ2n) is 4.67. The summed E-state index contributed by atoms with van der Waals surface area (Å²) >= 11 is 0. The molecule has 19 heavy (non-hydrogen) atoms. The van der Waals surface area contributed by atoms with E-state index in [2.05, 4.69) is 5.32 Å². The van der Waals surface area contributed by atoms with Crippen LogP contribution in [0.4, 0.5) is 18.9 Å². The summed E-state index contributed by atoms with van der Waals surface area (Å²) in [4.78, 5) is 11.0. The molecule has 2 unspecified atom stereocenters. The van der Waals surface area contributed by atoms with Gasteiger partial charge in [-0.25, -0.2) is 0 Å². The number of hydrogen-bond donors (Lipinski definition) is 2. The van der Waals surface area contributed by atoms with Gasteiger partial charge in [-0.05, 0) is 25.0 Å². The van der Waals surface area contributed by atoms with Gasteiger partial charge in [0.1, 0.15) is 0 Å². The summed E-state index contributed by atoms with van der Waals surface area (Å²) in [7, 11) is 0. The molecule has 1 fully saturated rings. The Morgan fingerprint density at radius 1 is 1.26 bits per heavy atom. The van der Waals surface area contributed by atoms with Crippen molar-refractivity contribution in [1.82, 2.24) is 0 Å². The summed E-state index contributed by atoms with van der Waals surface area (Å²) in [5, 5.41) is 11.8. The predicted octanol–water partition coefficient (Wildman–Crippen LogP) is 3.37. The first-order chi connectivity index (χ1) is 8.89. The lowest BCUT2D eigenvalue weighted by Crippen LogP contribution is -2.30. The zero-order valence-corrected chi connectivity index (χ0v) is 10.1. The van der Waals surface area contributed by atoms with Gasteiger partial charge in [-0.15, -0.1) is 0 Å². The smallest absolute Gasteiger partial charge is 0.418 e. The highest BCUT2D eigenvalue weighted by Crippen LogP contribution is 2.37. The van der Waals surface area contributed by atoms with Crippen LogP contribution >= 0.6 is 0 Å². The van der Waals surface area contributed by atoms with Crippen LogP contribution in [0.3, 0.4) is 0 Å². The van der Waals surface area contributed by atoms with Crippen molar-refractivity contribution in [1.29, 1.82) is 0 Å². The maximum Gasteiger partial charge on any atom is 0.418 e. The molecule has 2 atom stereocenters. The first kappa shape index (κ1) is 13.7. The molecule has 1 aliphatic carbocycles. The number of halogens is 3. The average molecular weight is 273 g/mol. The largest absolute Gasteiger partial charge is 0.481 e. The molecule has 0 bridgehead atoms. The van der Waals surface area contributed by atoms with Gasteiger partial charge in [0.15, 0.2) is 0 Å². The summed E-state index contributed by atoms with van der Waals surface area (Å²) in [6.45, 7) is 0. The number of para-hydroxylation sites is 1. The van der Waals surface area contributed by atoms with Crippen LogP contribution in [0.25, 0.3) is 0 Å². The van der Waals surface area contributed by atoms with Gasteiger partial charge in [-0.3, -0.25) is 4.79 Å². The van der Waals surface area contributed by atoms with E-state index in [1.54, 1.807) is 0 Å². The highest BCUT2D eigenvalue weighted by atomic mass is 19.4. The van der Waals surface area contributed by atoms with Crippen molar-refractivity contribution in [3.63, 3.8) is 0 Å². The van der Waals surface area contributed by atoms with E-state index in [0.29, 0.717) is 19.3 Å². The van der Waals surface area contributed by atoms with Crippen LogP contribution in [0.15, 0.2) is 24.3 Å². The van der Waals surface area contributed by atoms with E-state index in [4.69, 9.17) is 5.11 Å². The minimum atomic E-state index is -4.44. The lowest BCUT2D eigenvalue weighted by Gasteiger charge is -2.21. The molecule has 0 aliphatic heterocycles. The van der Waals surface area contributed by atoms with E-state index in [1.807, 2.05) is 0 Å². The first-order valence-electron chi connectivity index (χ1n) is 6.05. The number of anilines is 1. The number of alkyl halides is 3. The molecule has 0 radical (unpaired) electrons. The lowest BCUT2D eigenvalue weighted by atomic mass is 10.0.